The first-order chi connectivity index (χ1) is 14.9. The lowest BCUT2D eigenvalue weighted by Crippen LogP contribution is -1.94. The Morgan fingerprint density at radius 2 is 1.47 bits per heavy atom. The first-order valence-electron chi connectivity index (χ1n) is 10.0. The second-order valence-electron chi connectivity index (χ2n) is 7.62. The highest BCUT2D eigenvalue weighted by Gasteiger charge is 2.16. The van der Waals surface area contributed by atoms with Crippen LogP contribution < -0.4 is 0 Å². The molecular weight excluding hydrogens is 368 g/mol. The molecular formula is C26H16N4. The van der Waals surface area contributed by atoms with Crippen LogP contribution in [-0.4, -0.2) is 18.9 Å². The Balaban J connectivity index is 1.78. The molecule has 0 aliphatic rings. The van der Waals surface area contributed by atoms with E-state index in [1.807, 2.05) is 24.8 Å². The normalized spacial score (nSPS) is 12.0. The third-order valence-corrected chi connectivity index (χ3v) is 6.06. The van der Waals surface area contributed by atoms with Crippen molar-refractivity contribution in [2.75, 3.05) is 0 Å². The van der Waals surface area contributed by atoms with Crippen LogP contribution in [0.4, 0.5) is 0 Å². The predicted molar refractivity (Wildman–Crippen MR) is 122 cm³/mol. The minimum atomic E-state index is 0.974. The number of fused-ring (bicyclic) bond motifs is 9. The first-order valence-corrected chi connectivity index (χ1v) is 10.0. The number of rotatable bonds is 1. The summed E-state index contributed by atoms with van der Waals surface area (Å²) >= 11 is 0. The molecule has 140 valence electrons. The van der Waals surface area contributed by atoms with Crippen LogP contribution in [0.1, 0.15) is 0 Å². The standard InChI is InChI=1S/C26H16N4/c1-2-6-17(7-3-1)30-24-9-5-4-8-18(24)20-14-21-19(15-25(20)30)22-16-27-11-10-23(22)29-13-12-28-26(21)29/h1-16H. The molecule has 0 saturated heterocycles. The van der Waals surface area contributed by atoms with Crippen LogP contribution in [0, 0.1) is 0 Å². The van der Waals surface area contributed by atoms with E-state index in [1.54, 1.807) is 0 Å². The summed E-state index contributed by atoms with van der Waals surface area (Å²) in [5.74, 6) is 0. The largest absolute Gasteiger partial charge is 0.309 e. The zero-order chi connectivity index (χ0) is 19.7. The molecule has 0 aliphatic heterocycles. The number of para-hydroxylation sites is 2. The second-order valence-corrected chi connectivity index (χ2v) is 7.62. The summed E-state index contributed by atoms with van der Waals surface area (Å²) in [5, 5.41) is 5.92. The number of hydrogen-bond donors (Lipinski definition) is 0. The molecule has 0 unspecified atom stereocenters. The number of benzene rings is 3. The number of pyridine rings is 2. The van der Waals surface area contributed by atoms with Gasteiger partial charge in [-0.2, -0.15) is 0 Å². The van der Waals surface area contributed by atoms with Crippen LogP contribution in [0.3, 0.4) is 0 Å². The summed E-state index contributed by atoms with van der Waals surface area (Å²) in [5.41, 5.74) is 5.65. The van der Waals surface area contributed by atoms with Crippen molar-refractivity contribution in [3.63, 3.8) is 0 Å². The van der Waals surface area contributed by atoms with Crippen molar-refractivity contribution in [1.29, 1.82) is 0 Å². The van der Waals surface area contributed by atoms with Crippen molar-refractivity contribution in [3.8, 4) is 5.69 Å². The first kappa shape index (κ1) is 15.7. The lowest BCUT2D eigenvalue weighted by molar-refractivity contribution is 1.18. The maximum Gasteiger partial charge on any atom is 0.145 e. The van der Waals surface area contributed by atoms with E-state index in [0.717, 1.165) is 27.6 Å². The van der Waals surface area contributed by atoms with Gasteiger partial charge in [0, 0.05) is 52.0 Å². The molecule has 4 heterocycles. The SMILES string of the molecule is c1ccc(-n2c3ccccc3c3cc4c(cc32)c2cnccc2n2ccnc42)cc1. The number of imidazole rings is 1. The van der Waals surface area contributed by atoms with Gasteiger partial charge in [0.15, 0.2) is 0 Å². The van der Waals surface area contributed by atoms with Crippen LogP contribution >= 0.6 is 0 Å². The maximum absolute atomic E-state index is 4.68. The van der Waals surface area contributed by atoms with Crippen LogP contribution in [0.15, 0.2) is 97.6 Å². The molecule has 0 radical (unpaired) electrons. The fraction of sp³-hybridized carbons (Fsp3) is 0. The van der Waals surface area contributed by atoms with Crippen molar-refractivity contribution in [1.82, 2.24) is 18.9 Å². The molecule has 7 rings (SSSR count). The molecule has 3 aromatic carbocycles. The van der Waals surface area contributed by atoms with Crippen LogP contribution in [0.2, 0.25) is 0 Å². The molecule has 0 atom stereocenters. The van der Waals surface area contributed by atoms with Gasteiger partial charge < -0.3 is 4.57 Å². The van der Waals surface area contributed by atoms with Gasteiger partial charge >= 0.3 is 0 Å². The van der Waals surface area contributed by atoms with E-state index >= 15 is 0 Å². The summed E-state index contributed by atoms with van der Waals surface area (Å²) in [6, 6.07) is 25.8. The minimum Gasteiger partial charge on any atom is -0.309 e. The fourth-order valence-electron chi connectivity index (χ4n) is 4.78. The molecule has 7 aromatic rings. The van der Waals surface area contributed by atoms with Gasteiger partial charge in [-0.05, 0) is 41.8 Å². The van der Waals surface area contributed by atoms with E-state index in [2.05, 4.69) is 91.7 Å². The van der Waals surface area contributed by atoms with Crippen molar-refractivity contribution in [2.24, 2.45) is 0 Å². The Kier molecular flexibility index (Phi) is 2.97. The Bertz CT molecular complexity index is 1740. The molecule has 4 heteroatoms. The number of hydrogen-bond acceptors (Lipinski definition) is 2. The smallest absolute Gasteiger partial charge is 0.145 e. The van der Waals surface area contributed by atoms with E-state index in [9.17, 15) is 0 Å². The monoisotopic (exact) mass is 384 g/mol. The lowest BCUT2D eigenvalue weighted by atomic mass is 10.0. The van der Waals surface area contributed by atoms with Gasteiger partial charge in [0.05, 0.1) is 16.6 Å². The molecule has 0 bridgehead atoms. The maximum atomic E-state index is 4.68. The Labute approximate surface area is 171 Å². The van der Waals surface area contributed by atoms with Gasteiger partial charge in [-0.15, -0.1) is 0 Å². The van der Waals surface area contributed by atoms with E-state index in [0.29, 0.717) is 0 Å². The highest BCUT2D eigenvalue weighted by Crippen LogP contribution is 2.37. The summed E-state index contributed by atoms with van der Waals surface area (Å²) in [7, 11) is 0. The van der Waals surface area contributed by atoms with Gasteiger partial charge in [0.2, 0.25) is 0 Å². The zero-order valence-electron chi connectivity index (χ0n) is 16.0. The van der Waals surface area contributed by atoms with Crippen molar-refractivity contribution < 1.29 is 0 Å². The van der Waals surface area contributed by atoms with Crippen molar-refractivity contribution in [3.05, 3.63) is 97.6 Å². The summed E-state index contributed by atoms with van der Waals surface area (Å²) < 4.78 is 4.50. The fourth-order valence-corrected chi connectivity index (χ4v) is 4.78. The van der Waals surface area contributed by atoms with Crippen LogP contribution in [0.25, 0.3) is 54.8 Å². The molecule has 0 spiro atoms. The zero-order valence-corrected chi connectivity index (χ0v) is 16.0. The average Bonchev–Trinajstić information content (AvgIpc) is 3.42. The van der Waals surface area contributed by atoms with Gasteiger partial charge in [-0.3, -0.25) is 9.38 Å². The topological polar surface area (TPSA) is 35.1 Å². The molecule has 0 aliphatic carbocycles. The third kappa shape index (κ3) is 1.95. The minimum absolute atomic E-state index is 0.974. The lowest BCUT2D eigenvalue weighted by Gasteiger charge is -2.10. The highest BCUT2D eigenvalue weighted by molar-refractivity contribution is 6.20. The van der Waals surface area contributed by atoms with Gasteiger partial charge in [0.1, 0.15) is 5.65 Å². The second kappa shape index (κ2) is 5.67. The van der Waals surface area contributed by atoms with Gasteiger partial charge in [-0.1, -0.05) is 36.4 Å². The third-order valence-electron chi connectivity index (χ3n) is 6.06. The molecule has 0 fully saturated rings. The number of nitrogens with zero attached hydrogens (tertiary/aromatic N) is 4. The molecule has 4 nitrogen and oxygen atoms in total. The molecule has 0 saturated carbocycles. The quantitative estimate of drug-likeness (QED) is 0.319. The Morgan fingerprint density at radius 3 is 2.40 bits per heavy atom. The highest BCUT2D eigenvalue weighted by atomic mass is 15.0. The Morgan fingerprint density at radius 1 is 0.600 bits per heavy atom. The summed E-state index contributed by atoms with van der Waals surface area (Å²) in [4.78, 5) is 9.10. The molecule has 0 amide bonds. The van der Waals surface area contributed by atoms with Crippen LogP contribution in [0.5, 0.6) is 0 Å². The van der Waals surface area contributed by atoms with E-state index in [-0.39, 0.29) is 0 Å². The summed E-state index contributed by atoms with van der Waals surface area (Å²) in [6.45, 7) is 0. The molecule has 30 heavy (non-hydrogen) atoms. The van der Waals surface area contributed by atoms with E-state index in [1.165, 1.54) is 27.2 Å². The molecule has 4 aromatic heterocycles. The van der Waals surface area contributed by atoms with E-state index < -0.39 is 0 Å². The molecule has 0 N–H and O–H groups in total. The van der Waals surface area contributed by atoms with Crippen LogP contribution in [-0.2, 0) is 0 Å². The van der Waals surface area contributed by atoms with Gasteiger partial charge in [-0.25, -0.2) is 4.98 Å². The summed E-state index contributed by atoms with van der Waals surface area (Å²) in [6.07, 6.45) is 7.69. The van der Waals surface area contributed by atoms with Crippen molar-refractivity contribution >= 4 is 49.1 Å². The predicted octanol–water partition coefficient (Wildman–Crippen LogP) is 6.13. The van der Waals surface area contributed by atoms with E-state index in [4.69, 9.17) is 0 Å². The van der Waals surface area contributed by atoms with Gasteiger partial charge in [0.25, 0.3) is 0 Å². The number of aromatic nitrogens is 4. The van der Waals surface area contributed by atoms with Crippen molar-refractivity contribution in [2.45, 2.75) is 0 Å². The average molecular weight is 384 g/mol. The Hall–Kier alpha value is -4.18.